The van der Waals surface area contributed by atoms with Crippen LogP contribution < -0.4 is 5.73 Å². The molecule has 0 saturated heterocycles. The quantitative estimate of drug-likeness (QED) is 0.719. The lowest BCUT2D eigenvalue weighted by Crippen LogP contribution is -2.36. The first-order valence-corrected chi connectivity index (χ1v) is 8.65. The molecule has 1 rings (SSSR count). The Kier molecular flexibility index (Phi) is 6.73. The molecule has 0 aliphatic carbocycles. The van der Waals surface area contributed by atoms with Crippen molar-refractivity contribution in [2.45, 2.75) is 17.9 Å². The highest BCUT2D eigenvalue weighted by atomic mass is 32.2. The summed E-state index contributed by atoms with van der Waals surface area (Å²) in [5, 5.41) is 0. The summed E-state index contributed by atoms with van der Waals surface area (Å²) in [6.45, 7) is 2.99. The topological polar surface area (TPSA) is 72.6 Å². The van der Waals surface area contributed by atoms with Crippen molar-refractivity contribution in [3.8, 4) is 0 Å². The molecule has 7 heteroatoms. The van der Waals surface area contributed by atoms with Gasteiger partial charge in [0.05, 0.1) is 17.3 Å². The molecule has 118 valence electrons. The maximum absolute atomic E-state index is 12.3. The van der Waals surface area contributed by atoms with Crippen molar-refractivity contribution in [2.24, 2.45) is 5.73 Å². The first-order chi connectivity index (χ1) is 9.77. The molecule has 1 unspecified atom stereocenters. The Labute approximate surface area is 132 Å². The summed E-state index contributed by atoms with van der Waals surface area (Å²) in [5.74, 6) is 0.0400. The fourth-order valence-corrected chi connectivity index (χ4v) is 3.30. The van der Waals surface area contributed by atoms with Gasteiger partial charge in [0.25, 0.3) is 0 Å². The summed E-state index contributed by atoms with van der Waals surface area (Å²) in [6.07, 6.45) is 0. The van der Waals surface area contributed by atoms with E-state index in [4.69, 9.17) is 22.7 Å². The van der Waals surface area contributed by atoms with Crippen molar-refractivity contribution in [2.75, 3.05) is 33.1 Å². The lowest BCUT2D eigenvalue weighted by atomic mass is 10.2. The van der Waals surface area contributed by atoms with Crippen LogP contribution in [0.5, 0.6) is 0 Å². The van der Waals surface area contributed by atoms with Crippen molar-refractivity contribution < 1.29 is 13.2 Å². The van der Waals surface area contributed by atoms with E-state index in [2.05, 4.69) is 0 Å². The molecule has 0 aliphatic rings. The molecule has 0 heterocycles. The van der Waals surface area contributed by atoms with Gasteiger partial charge >= 0.3 is 0 Å². The number of methoxy groups -OCH3 is 1. The van der Waals surface area contributed by atoms with Gasteiger partial charge in [-0.1, -0.05) is 24.4 Å². The molecule has 0 saturated carbocycles. The molecule has 1 aromatic carbocycles. The second-order valence-corrected chi connectivity index (χ2v) is 7.54. The Morgan fingerprint density at radius 1 is 1.48 bits per heavy atom. The summed E-state index contributed by atoms with van der Waals surface area (Å²) in [4.78, 5) is 2.40. The number of ether oxygens (including phenoxy) is 1. The highest BCUT2D eigenvalue weighted by Crippen LogP contribution is 2.14. The van der Waals surface area contributed by atoms with Gasteiger partial charge in [-0.3, -0.25) is 0 Å². The Balaban J connectivity index is 2.78. The van der Waals surface area contributed by atoms with Crippen molar-refractivity contribution in [1.82, 2.24) is 4.90 Å². The molecule has 21 heavy (non-hydrogen) atoms. The molecule has 0 bridgehead atoms. The SMILES string of the molecule is COCC(C)N(C)CCS(=O)(=O)c1cccc(C(N)=S)c1. The number of likely N-dealkylation sites (N-methyl/N-ethyl adjacent to an activating group) is 1. The first kappa shape index (κ1) is 18.0. The number of benzene rings is 1. The number of thiocarbonyl (C=S) groups is 1. The van der Waals surface area contributed by atoms with E-state index in [0.717, 1.165) is 0 Å². The van der Waals surface area contributed by atoms with Gasteiger partial charge in [0.1, 0.15) is 4.99 Å². The second-order valence-electron chi connectivity index (χ2n) is 5.00. The average Bonchev–Trinajstić information content (AvgIpc) is 2.45. The highest BCUT2D eigenvalue weighted by Gasteiger charge is 2.18. The van der Waals surface area contributed by atoms with Crippen LogP contribution in [0.1, 0.15) is 12.5 Å². The zero-order valence-corrected chi connectivity index (χ0v) is 14.2. The first-order valence-electron chi connectivity index (χ1n) is 6.59. The van der Waals surface area contributed by atoms with Crippen LogP contribution in [0.15, 0.2) is 29.2 Å². The summed E-state index contributed by atoms with van der Waals surface area (Å²) >= 11 is 4.87. The van der Waals surface area contributed by atoms with Gasteiger partial charge in [0.2, 0.25) is 0 Å². The van der Waals surface area contributed by atoms with Gasteiger partial charge in [0.15, 0.2) is 9.84 Å². The zero-order chi connectivity index (χ0) is 16.0. The van der Waals surface area contributed by atoms with Gasteiger partial charge in [-0.2, -0.15) is 0 Å². The average molecular weight is 330 g/mol. The van der Waals surface area contributed by atoms with Gasteiger partial charge in [0, 0.05) is 25.3 Å². The maximum Gasteiger partial charge on any atom is 0.179 e. The van der Waals surface area contributed by atoms with E-state index in [9.17, 15) is 8.42 Å². The van der Waals surface area contributed by atoms with E-state index >= 15 is 0 Å². The lowest BCUT2D eigenvalue weighted by Gasteiger charge is -2.23. The molecular weight excluding hydrogens is 308 g/mol. The van der Waals surface area contributed by atoms with Crippen LogP contribution in [0, 0.1) is 0 Å². The zero-order valence-electron chi connectivity index (χ0n) is 12.6. The predicted octanol–water partition coefficient (Wildman–Crippen LogP) is 1.06. The third kappa shape index (κ3) is 5.35. The Morgan fingerprint density at radius 3 is 2.71 bits per heavy atom. The van der Waals surface area contributed by atoms with Crippen LogP contribution in [-0.4, -0.2) is 57.4 Å². The second kappa shape index (κ2) is 7.84. The smallest absolute Gasteiger partial charge is 0.179 e. The third-order valence-corrected chi connectivity index (χ3v) is 5.28. The molecule has 0 radical (unpaired) electrons. The van der Waals surface area contributed by atoms with Crippen molar-refractivity contribution in [3.63, 3.8) is 0 Å². The number of sulfone groups is 1. The fourth-order valence-electron chi connectivity index (χ4n) is 1.81. The van der Waals surface area contributed by atoms with Gasteiger partial charge in [-0.05, 0) is 26.1 Å². The molecule has 0 aromatic heterocycles. The standard InChI is InChI=1S/C14H22N2O3S2/c1-11(10-19-3)16(2)7-8-21(17,18)13-6-4-5-12(9-13)14(15)20/h4-6,9,11H,7-8,10H2,1-3H3,(H2,15,20). The predicted molar refractivity (Wildman–Crippen MR) is 88.4 cm³/mol. The van der Waals surface area contributed by atoms with Gasteiger partial charge in [-0.15, -0.1) is 0 Å². The third-order valence-electron chi connectivity index (χ3n) is 3.35. The number of hydrogen-bond donors (Lipinski definition) is 1. The lowest BCUT2D eigenvalue weighted by molar-refractivity contribution is 0.119. The Hall–Kier alpha value is -1.02. The summed E-state index contributed by atoms with van der Waals surface area (Å²) in [6, 6.07) is 6.60. The van der Waals surface area contributed by atoms with E-state index in [1.807, 2.05) is 18.9 Å². The van der Waals surface area contributed by atoms with Crippen LogP contribution in [0.2, 0.25) is 0 Å². The van der Waals surface area contributed by atoms with E-state index in [1.165, 1.54) is 6.07 Å². The molecular formula is C14H22N2O3S2. The molecule has 1 aromatic rings. The normalized spacial score (nSPS) is 13.3. The van der Waals surface area contributed by atoms with Crippen LogP contribution in [0.25, 0.3) is 0 Å². The molecule has 0 amide bonds. The van der Waals surface area contributed by atoms with Crippen molar-refractivity contribution in [3.05, 3.63) is 29.8 Å². The van der Waals surface area contributed by atoms with Crippen molar-refractivity contribution >= 4 is 27.0 Å². The minimum absolute atomic E-state index is 0.0400. The van der Waals surface area contributed by atoms with E-state index in [-0.39, 0.29) is 21.7 Å². The fraction of sp³-hybridized carbons (Fsp3) is 0.500. The van der Waals surface area contributed by atoms with E-state index < -0.39 is 9.84 Å². The molecule has 2 N–H and O–H groups in total. The maximum atomic E-state index is 12.3. The van der Waals surface area contributed by atoms with Crippen LogP contribution in [0.4, 0.5) is 0 Å². The molecule has 5 nitrogen and oxygen atoms in total. The molecule has 0 aliphatic heterocycles. The molecule has 0 spiro atoms. The Bertz CT molecular complexity index is 588. The molecule has 1 atom stereocenters. The Morgan fingerprint density at radius 2 is 2.14 bits per heavy atom. The van der Waals surface area contributed by atoms with E-state index in [1.54, 1.807) is 25.3 Å². The van der Waals surface area contributed by atoms with E-state index in [0.29, 0.717) is 18.7 Å². The summed E-state index contributed by atoms with van der Waals surface area (Å²) in [7, 11) is 0.149. The molecule has 0 fully saturated rings. The monoisotopic (exact) mass is 330 g/mol. The summed E-state index contributed by atoms with van der Waals surface area (Å²) in [5.41, 5.74) is 6.10. The largest absolute Gasteiger partial charge is 0.389 e. The number of nitrogens with zero attached hydrogens (tertiary/aromatic N) is 1. The van der Waals surface area contributed by atoms with Crippen molar-refractivity contribution in [1.29, 1.82) is 0 Å². The minimum Gasteiger partial charge on any atom is -0.389 e. The number of hydrogen-bond acceptors (Lipinski definition) is 5. The number of rotatable bonds is 8. The number of nitrogens with two attached hydrogens (primary N) is 1. The van der Waals surface area contributed by atoms with Gasteiger partial charge < -0.3 is 15.4 Å². The van der Waals surface area contributed by atoms with Crippen LogP contribution in [0.3, 0.4) is 0 Å². The summed E-state index contributed by atoms with van der Waals surface area (Å²) < 4.78 is 29.8. The minimum atomic E-state index is -3.36. The van der Waals surface area contributed by atoms with Crippen LogP contribution >= 0.6 is 12.2 Å². The highest BCUT2D eigenvalue weighted by molar-refractivity contribution is 7.91. The van der Waals surface area contributed by atoms with Gasteiger partial charge in [-0.25, -0.2) is 8.42 Å². The van der Waals surface area contributed by atoms with Crippen LogP contribution in [-0.2, 0) is 14.6 Å².